The van der Waals surface area contributed by atoms with Crippen molar-refractivity contribution in [1.29, 1.82) is 0 Å². The highest BCUT2D eigenvalue weighted by Gasteiger charge is 2.31. The predicted molar refractivity (Wildman–Crippen MR) is 135 cm³/mol. The monoisotopic (exact) mass is 485 g/mol. The van der Waals surface area contributed by atoms with Gasteiger partial charge in [-0.1, -0.05) is 49.2 Å². The molecule has 0 heterocycles. The molecule has 184 valence electrons. The number of anilines is 1. The molecule has 8 heteroatoms. The zero-order valence-electron chi connectivity index (χ0n) is 20.5. The summed E-state index contributed by atoms with van der Waals surface area (Å²) in [6, 6.07) is 14.2. The highest BCUT2D eigenvalue weighted by molar-refractivity contribution is 7.92. The molecule has 0 aromatic heterocycles. The second-order valence-electron chi connectivity index (χ2n) is 9.29. The van der Waals surface area contributed by atoms with Crippen LogP contribution in [0.1, 0.15) is 49.3 Å². The minimum Gasteiger partial charge on any atom is -0.352 e. The minimum atomic E-state index is -3.73. The molecule has 0 spiro atoms. The summed E-state index contributed by atoms with van der Waals surface area (Å²) in [4.78, 5) is 28.1. The zero-order chi connectivity index (χ0) is 24.9. The average Bonchev–Trinajstić information content (AvgIpc) is 3.27. The Bertz CT molecular complexity index is 1090. The van der Waals surface area contributed by atoms with Crippen molar-refractivity contribution in [2.45, 2.75) is 65.1 Å². The third kappa shape index (κ3) is 6.82. The molecule has 0 saturated heterocycles. The molecular formula is C26H35N3O4S. The van der Waals surface area contributed by atoms with Gasteiger partial charge in [-0.25, -0.2) is 8.42 Å². The van der Waals surface area contributed by atoms with Crippen molar-refractivity contribution in [3.05, 3.63) is 65.2 Å². The van der Waals surface area contributed by atoms with Crippen molar-refractivity contribution >= 4 is 27.5 Å². The Morgan fingerprint density at radius 3 is 2.18 bits per heavy atom. The molecular weight excluding hydrogens is 450 g/mol. The lowest BCUT2D eigenvalue weighted by atomic mass is 10.1. The smallest absolute Gasteiger partial charge is 0.244 e. The maximum absolute atomic E-state index is 13.6. The molecule has 2 amide bonds. The van der Waals surface area contributed by atoms with E-state index < -0.39 is 22.0 Å². The Morgan fingerprint density at radius 2 is 1.62 bits per heavy atom. The highest BCUT2D eigenvalue weighted by atomic mass is 32.2. The van der Waals surface area contributed by atoms with Gasteiger partial charge >= 0.3 is 0 Å². The summed E-state index contributed by atoms with van der Waals surface area (Å²) in [5.74, 6) is -0.643. The number of nitrogens with one attached hydrogen (secondary N) is 1. The molecule has 0 aliphatic heterocycles. The molecule has 0 unspecified atom stereocenters. The number of carbonyl (C=O) groups excluding carboxylic acids is 2. The van der Waals surface area contributed by atoms with Gasteiger partial charge in [-0.05, 0) is 62.4 Å². The van der Waals surface area contributed by atoms with E-state index in [1.54, 1.807) is 19.1 Å². The summed E-state index contributed by atoms with van der Waals surface area (Å²) >= 11 is 0. The molecule has 1 aliphatic carbocycles. The van der Waals surface area contributed by atoms with Crippen LogP contribution in [0, 0.1) is 13.8 Å². The van der Waals surface area contributed by atoms with Crippen LogP contribution in [-0.4, -0.2) is 50.0 Å². The van der Waals surface area contributed by atoms with Gasteiger partial charge in [0.05, 0.1) is 11.9 Å². The van der Waals surface area contributed by atoms with E-state index in [4.69, 9.17) is 0 Å². The second kappa shape index (κ2) is 11.0. The molecule has 34 heavy (non-hydrogen) atoms. The number of amides is 2. The number of rotatable bonds is 9. The Labute approximate surface area is 203 Å². The highest BCUT2D eigenvalue weighted by Crippen LogP contribution is 2.23. The summed E-state index contributed by atoms with van der Waals surface area (Å²) in [6.45, 7) is 5.30. The number of hydrogen-bond acceptors (Lipinski definition) is 4. The minimum absolute atomic E-state index is 0.131. The van der Waals surface area contributed by atoms with Gasteiger partial charge in [0.2, 0.25) is 21.8 Å². The van der Waals surface area contributed by atoms with Crippen LogP contribution in [0.4, 0.5) is 5.69 Å². The summed E-state index contributed by atoms with van der Waals surface area (Å²) < 4.78 is 26.5. The standard InChI is InChI=1S/C26H35N3O4S/c1-19-14-20(2)16-24(15-19)29(34(4,32)33)18-25(30)28(17-22-10-6-5-7-11-22)21(3)26(31)27-23-12-8-9-13-23/h5-7,10-11,14-16,21,23H,8-9,12-13,17-18H2,1-4H3,(H,27,31)/t21-/m1/s1. The second-order valence-corrected chi connectivity index (χ2v) is 11.2. The summed E-state index contributed by atoms with van der Waals surface area (Å²) in [5, 5.41) is 3.07. The average molecular weight is 486 g/mol. The van der Waals surface area contributed by atoms with Crippen molar-refractivity contribution in [1.82, 2.24) is 10.2 Å². The molecule has 1 aliphatic rings. The van der Waals surface area contributed by atoms with Crippen LogP contribution < -0.4 is 9.62 Å². The summed E-state index contributed by atoms with van der Waals surface area (Å²) in [5.41, 5.74) is 3.12. The van der Waals surface area contributed by atoms with Gasteiger partial charge in [0.15, 0.2) is 0 Å². The van der Waals surface area contributed by atoms with Gasteiger partial charge in [-0.2, -0.15) is 0 Å². The van der Waals surface area contributed by atoms with E-state index in [-0.39, 0.29) is 25.0 Å². The molecule has 1 fully saturated rings. The molecule has 0 radical (unpaired) electrons. The van der Waals surface area contributed by atoms with E-state index in [0.717, 1.165) is 52.9 Å². The number of carbonyl (C=O) groups is 2. The van der Waals surface area contributed by atoms with Crippen molar-refractivity contribution in [3.63, 3.8) is 0 Å². The molecule has 7 nitrogen and oxygen atoms in total. The number of aryl methyl sites for hydroxylation is 2. The van der Waals surface area contributed by atoms with E-state index in [1.807, 2.05) is 50.2 Å². The molecule has 0 bridgehead atoms. The Morgan fingerprint density at radius 1 is 1.03 bits per heavy atom. The number of sulfonamides is 1. The van der Waals surface area contributed by atoms with Crippen LogP contribution in [0.25, 0.3) is 0 Å². The molecule has 1 saturated carbocycles. The third-order valence-electron chi connectivity index (χ3n) is 6.24. The Kier molecular flexibility index (Phi) is 8.36. The first kappa shape index (κ1) is 25.7. The van der Waals surface area contributed by atoms with Gasteiger partial charge in [0.25, 0.3) is 0 Å². The van der Waals surface area contributed by atoms with Crippen molar-refractivity contribution < 1.29 is 18.0 Å². The normalized spacial score (nSPS) is 15.1. The van der Waals surface area contributed by atoms with Crippen LogP contribution in [0.3, 0.4) is 0 Å². The van der Waals surface area contributed by atoms with Crippen LogP contribution in [0.15, 0.2) is 48.5 Å². The van der Waals surface area contributed by atoms with Crippen LogP contribution >= 0.6 is 0 Å². The van der Waals surface area contributed by atoms with Gasteiger partial charge in [-0.3, -0.25) is 13.9 Å². The first-order chi connectivity index (χ1) is 16.0. The Balaban J connectivity index is 1.88. The van der Waals surface area contributed by atoms with E-state index in [2.05, 4.69) is 5.32 Å². The fourth-order valence-electron chi connectivity index (χ4n) is 4.46. The Hall–Kier alpha value is -2.87. The van der Waals surface area contributed by atoms with E-state index in [0.29, 0.717) is 5.69 Å². The molecule has 2 aromatic rings. The summed E-state index contributed by atoms with van der Waals surface area (Å²) in [6.07, 6.45) is 5.16. The first-order valence-electron chi connectivity index (χ1n) is 11.7. The third-order valence-corrected chi connectivity index (χ3v) is 7.38. The molecule has 1 atom stereocenters. The molecule has 1 N–H and O–H groups in total. The zero-order valence-corrected chi connectivity index (χ0v) is 21.3. The number of nitrogens with zero attached hydrogens (tertiary/aromatic N) is 2. The van der Waals surface area contributed by atoms with Crippen LogP contribution in [0.2, 0.25) is 0 Å². The number of benzene rings is 2. The van der Waals surface area contributed by atoms with Gasteiger partial charge in [0.1, 0.15) is 12.6 Å². The van der Waals surface area contributed by atoms with E-state index >= 15 is 0 Å². The molecule has 2 aromatic carbocycles. The maximum Gasteiger partial charge on any atom is 0.244 e. The summed E-state index contributed by atoms with van der Waals surface area (Å²) in [7, 11) is -3.73. The van der Waals surface area contributed by atoms with Gasteiger partial charge in [0, 0.05) is 12.6 Å². The van der Waals surface area contributed by atoms with E-state index in [1.165, 1.54) is 4.90 Å². The topological polar surface area (TPSA) is 86.8 Å². The first-order valence-corrected chi connectivity index (χ1v) is 13.6. The lowest BCUT2D eigenvalue weighted by Gasteiger charge is -2.32. The van der Waals surface area contributed by atoms with Crippen LogP contribution in [0.5, 0.6) is 0 Å². The lowest BCUT2D eigenvalue weighted by Crippen LogP contribution is -2.52. The predicted octanol–water partition coefficient (Wildman–Crippen LogP) is 3.55. The van der Waals surface area contributed by atoms with Crippen molar-refractivity contribution in [3.8, 4) is 0 Å². The van der Waals surface area contributed by atoms with Crippen molar-refractivity contribution in [2.75, 3.05) is 17.1 Å². The lowest BCUT2D eigenvalue weighted by molar-refractivity contribution is -0.139. The maximum atomic E-state index is 13.6. The largest absolute Gasteiger partial charge is 0.352 e. The fourth-order valence-corrected chi connectivity index (χ4v) is 5.30. The number of hydrogen-bond donors (Lipinski definition) is 1. The van der Waals surface area contributed by atoms with E-state index in [9.17, 15) is 18.0 Å². The van der Waals surface area contributed by atoms with Gasteiger partial charge < -0.3 is 10.2 Å². The molecule has 3 rings (SSSR count). The van der Waals surface area contributed by atoms with Crippen LogP contribution in [-0.2, 0) is 26.2 Å². The van der Waals surface area contributed by atoms with Gasteiger partial charge in [-0.15, -0.1) is 0 Å². The fraction of sp³-hybridized carbons (Fsp3) is 0.462. The quantitative estimate of drug-likeness (QED) is 0.589. The SMILES string of the molecule is Cc1cc(C)cc(N(CC(=O)N(Cc2ccccc2)[C@H](C)C(=O)NC2CCCC2)S(C)(=O)=O)c1. The van der Waals surface area contributed by atoms with Crippen molar-refractivity contribution in [2.24, 2.45) is 0 Å².